The summed E-state index contributed by atoms with van der Waals surface area (Å²) in [5, 5.41) is 1.46. The van der Waals surface area contributed by atoms with E-state index in [-0.39, 0.29) is 5.43 Å². The summed E-state index contributed by atoms with van der Waals surface area (Å²) in [5.74, 6) is 0. The molecule has 0 aliphatic rings. The molecule has 0 bridgehead atoms. The molecule has 1 aromatic heterocycles. The van der Waals surface area contributed by atoms with E-state index in [2.05, 4.69) is 11.5 Å². The summed E-state index contributed by atoms with van der Waals surface area (Å²) in [7, 11) is 0. The van der Waals surface area contributed by atoms with Crippen molar-refractivity contribution in [3.05, 3.63) is 70.0 Å². The van der Waals surface area contributed by atoms with Gasteiger partial charge < -0.3 is 4.57 Å². The minimum atomic E-state index is 0.0789. The van der Waals surface area contributed by atoms with Crippen molar-refractivity contribution in [1.29, 1.82) is 0 Å². The van der Waals surface area contributed by atoms with Gasteiger partial charge in [-0.2, -0.15) is 0 Å². The number of hydrogen-bond donors (Lipinski definition) is 0. The third kappa shape index (κ3) is 2.85. The molecule has 0 radical (unpaired) electrons. The molecule has 106 valence electrons. The monoisotopic (exact) mass is 315 g/mol. The number of benzene rings is 2. The van der Waals surface area contributed by atoms with Crippen LogP contribution in [-0.4, -0.2) is 4.57 Å². The minimum Gasteiger partial charge on any atom is -0.346 e. The van der Waals surface area contributed by atoms with E-state index < -0.39 is 0 Å². The Morgan fingerprint density at radius 1 is 1.10 bits per heavy atom. The highest BCUT2D eigenvalue weighted by molar-refractivity contribution is 7.99. The first-order valence-corrected chi connectivity index (χ1v) is 7.94. The third-order valence-electron chi connectivity index (χ3n) is 3.34. The SMILES string of the molecule is CCn1cc(Sc2ccc(Cl)cc2)c(=O)c2ccccc21. The number of hydrogen-bond acceptors (Lipinski definition) is 2. The summed E-state index contributed by atoms with van der Waals surface area (Å²) in [4.78, 5) is 14.4. The summed E-state index contributed by atoms with van der Waals surface area (Å²) in [6, 6.07) is 15.3. The highest BCUT2D eigenvalue weighted by Crippen LogP contribution is 2.27. The number of halogens is 1. The van der Waals surface area contributed by atoms with Gasteiger partial charge in [0, 0.05) is 28.0 Å². The van der Waals surface area contributed by atoms with Gasteiger partial charge in [0.15, 0.2) is 0 Å². The molecule has 2 aromatic carbocycles. The molecule has 0 amide bonds. The van der Waals surface area contributed by atoms with Gasteiger partial charge in [-0.3, -0.25) is 4.79 Å². The fourth-order valence-electron chi connectivity index (χ4n) is 2.28. The molecule has 0 aliphatic carbocycles. The molecule has 1 heterocycles. The van der Waals surface area contributed by atoms with Crippen LogP contribution in [0.15, 0.2) is 69.3 Å². The minimum absolute atomic E-state index is 0.0789. The van der Waals surface area contributed by atoms with E-state index in [1.165, 1.54) is 11.8 Å². The molecule has 0 N–H and O–H groups in total. The zero-order valence-corrected chi connectivity index (χ0v) is 13.1. The Kier molecular flexibility index (Phi) is 4.04. The fourth-order valence-corrected chi connectivity index (χ4v) is 3.32. The lowest BCUT2D eigenvalue weighted by molar-refractivity contribution is 0.775. The second kappa shape index (κ2) is 5.96. The van der Waals surface area contributed by atoms with Crippen molar-refractivity contribution in [2.24, 2.45) is 0 Å². The van der Waals surface area contributed by atoms with Crippen LogP contribution in [0, 0.1) is 0 Å². The van der Waals surface area contributed by atoms with Crippen LogP contribution in [0.5, 0.6) is 0 Å². The fraction of sp³-hybridized carbons (Fsp3) is 0.118. The molecule has 0 saturated heterocycles. The molecular formula is C17H14ClNOS. The van der Waals surface area contributed by atoms with E-state index in [4.69, 9.17) is 11.6 Å². The molecule has 0 fully saturated rings. The van der Waals surface area contributed by atoms with Crippen LogP contribution >= 0.6 is 23.4 Å². The highest BCUT2D eigenvalue weighted by Gasteiger charge is 2.09. The average molecular weight is 316 g/mol. The Morgan fingerprint density at radius 3 is 2.52 bits per heavy atom. The predicted molar refractivity (Wildman–Crippen MR) is 89.5 cm³/mol. The molecule has 0 spiro atoms. The summed E-state index contributed by atoms with van der Waals surface area (Å²) in [6.07, 6.45) is 1.93. The van der Waals surface area contributed by atoms with E-state index in [0.717, 1.165) is 27.2 Å². The van der Waals surface area contributed by atoms with Gasteiger partial charge in [0.25, 0.3) is 0 Å². The number of pyridine rings is 1. The quantitative estimate of drug-likeness (QED) is 0.691. The van der Waals surface area contributed by atoms with E-state index in [0.29, 0.717) is 5.02 Å². The molecule has 0 saturated carbocycles. The molecule has 2 nitrogen and oxygen atoms in total. The summed E-state index contributed by atoms with van der Waals surface area (Å²) >= 11 is 7.37. The number of aromatic nitrogens is 1. The third-order valence-corrected chi connectivity index (χ3v) is 4.61. The normalized spacial score (nSPS) is 11.0. The van der Waals surface area contributed by atoms with Gasteiger partial charge >= 0.3 is 0 Å². The van der Waals surface area contributed by atoms with E-state index in [1.807, 2.05) is 54.7 Å². The van der Waals surface area contributed by atoms with Crippen LogP contribution < -0.4 is 5.43 Å². The van der Waals surface area contributed by atoms with Crippen LogP contribution in [0.2, 0.25) is 5.02 Å². The van der Waals surface area contributed by atoms with Gasteiger partial charge in [-0.15, -0.1) is 0 Å². The van der Waals surface area contributed by atoms with Crippen LogP contribution in [0.4, 0.5) is 0 Å². The Labute approximate surface area is 132 Å². The van der Waals surface area contributed by atoms with Crippen LogP contribution in [0.25, 0.3) is 10.9 Å². The number of aryl methyl sites for hydroxylation is 1. The lowest BCUT2D eigenvalue weighted by Gasteiger charge is -2.11. The van der Waals surface area contributed by atoms with Gasteiger partial charge in [-0.25, -0.2) is 0 Å². The van der Waals surface area contributed by atoms with E-state index >= 15 is 0 Å². The maximum atomic E-state index is 12.6. The lowest BCUT2D eigenvalue weighted by Crippen LogP contribution is -2.10. The first kappa shape index (κ1) is 14.2. The number of rotatable bonds is 3. The van der Waals surface area contributed by atoms with Gasteiger partial charge in [-0.1, -0.05) is 35.5 Å². The Balaban J connectivity index is 2.12. The zero-order chi connectivity index (χ0) is 14.8. The van der Waals surface area contributed by atoms with E-state index in [9.17, 15) is 4.79 Å². The first-order valence-electron chi connectivity index (χ1n) is 6.74. The zero-order valence-electron chi connectivity index (χ0n) is 11.5. The topological polar surface area (TPSA) is 22.0 Å². The van der Waals surface area contributed by atoms with E-state index in [1.54, 1.807) is 0 Å². The molecule has 0 aliphatic heterocycles. The van der Waals surface area contributed by atoms with Gasteiger partial charge in [0.05, 0.1) is 10.4 Å². The number of para-hydroxylation sites is 1. The maximum Gasteiger partial charge on any atom is 0.203 e. The molecule has 21 heavy (non-hydrogen) atoms. The summed E-state index contributed by atoms with van der Waals surface area (Å²) in [5.41, 5.74) is 1.06. The van der Waals surface area contributed by atoms with Crippen molar-refractivity contribution in [3.8, 4) is 0 Å². The number of nitrogens with zero attached hydrogens (tertiary/aromatic N) is 1. The van der Waals surface area contributed by atoms with Crippen molar-refractivity contribution < 1.29 is 0 Å². The van der Waals surface area contributed by atoms with Crippen molar-refractivity contribution in [2.45, 2.75) is 23.3 Å². The Hall–Kier alpha value is -1.71. The molecule has 0 atom stereocenters. The van der Waals surface area contributed by atoms with Crippen LogP contribution in [-0.2, 0) is 6.54 Å². The molecule has 4 heteroatoms. The van der Waals surface area contributed by atoms with Crippen LogP contribution in [0.1, 0.15) is 6.92 Å². The summed E-state index contributed by atoms with van der Waals surface area (Å²) in [6.45, 7) is 2.91. The van der Waals surface area contributed by atoms with Crippen molar-refractivity contribution in [1.82, 2.24) is 4.57 Å². The first-order chi connectivity index (χ1) is 10.2. The Bertz CT molecular complexity index is 840. The standard InChI is InChI=1S/C17H14ClNOS/c1-2-19-11-16(21-13-9-7-12(18)8-10-13)17(20)14-5-3-4-6-15(14)19/h3-11H,2H2,1H3. The second-order valence-electron chi connectivity index (χ2n) is 4.68. The summed E-state index contributed by atoms with van der Waals surface area (Å²) < 4.78 is 2.11. The Morgan fingerprint density at radius 2 is 1.81 bits per heavy atom. The largest absolute Gasteiger partial charge is 0.346 e. The van der Waals surface area contributed by atoms with Crippen molar-refractivity contribution in [2.75, 3.05) is 0 Å². The molecule has 3 aromatic rings. The van der Waals surface area contributed by atoms with Gasteiger partial charge in [0.1, 0.15) is 0 Å². The maximum absolute atomic E-state index is 12.6. The van der Waals surface area contributed by atoms with Crippen molar-refractivity contribution in [3.63, 3.8) is 0 Å². The predicted octanol–water partition coefficient (Wildman–Crippen LogP) is 4.83. The number of fused-ring (bicyclic) bond motifs is 1. The van der Waals surface area contributed by atoms with Gasteiger partial charge in [0.2, 0.25) is 5.43 Å². The lowest BCUT2D eigenvalue weighted by atomic mass is 10.2. The molecule has 0 unspecified atom stereocenters. The molecule has 3 rings (SSSR count). The highest BCUT2D eigenvalue weighted by atomic mass is 35.5. The molecular weight excluding hydrogens is 302 g/mol. The van der Waals surface area contributed by atoms with Crippen molar-refractivity contribution >= 4 is 34.3 Å². The van der Waals surface area contributed by atoms with Crippen LogP contribution in [0.3, 0.4) is 0 Å². The van der Waals surface area contributed by atoms with Gasteiger partial charge in [-0.05, 0) is 43.3 Å². The second-order valence-corrected chi connectivity index (χ2v) is 6.23. The smallest absolute Gasteiger partial charge is 0.203 e. The average Bonchev–Trinajstić information content (AvgIpc) is 2.52.